The Morgan fingerprint density at radius 1 is 1.00 bits per heavy atom. The van der Waals surface area contributed by atoms with Crippen molar-refractivity contribution in [3.63, 3.8) is 0 Å². The van der Waals surface area contributed by atoms with Gasteiger partial charge in [0.2, 0.25) is 0 Å². The third-order valence-corrected chi connectivity index (χ3v) is 4.23. The molecule has 0 aromatic heterocycles. The maximum absolute atomic E-state index is 5.50. The van der Waals surface area contributed by atoms with Gasteiger partial charge >= 0.3 is 8.80 Å². The summed E-state index contributed by atoms with van der Waals surface area (Å²) in [5, 5.41) is 0. The van der Waals surface area contributed by atoms with Crippen LogP contribution in [0.1, 0.15) is 20.8 Å². The molecule has 0 radical (unpaired) electrons. The average molecular weight is 208 g/mol. The Bertz CT molecular complexity index is 96.8. The van der Waals surface area contributed by atoms with E-state index in [4.69, 9.17) is 19.1 Å². The van der Waals surface area contributed by atoms with Crippen LogP contribution in [0.15, 0.2) is 0 Å². The zero-order valence-corrected chi connectivity index (χ0v) is 9.63. The van der Waals surface area contributed by atoms with Crippen LogP contribution in [-0.4, -0.2) is 34.8 Å². The Hall–Kier alpha value is 0.0169. The molecule has 0 unspecified atom stereocenters. The second-order valence-electron chi connectivity index (χ2n) is 2.36. The molecule has 0 saturated heterocycles. The number of hydrogen-bond acceptors (Lipinski definition) is 5. The first-order chi connectivity index (χ1) is 6.24. The van der Waals surface area contributed by atoms with Gasteiger partial charge in [0.15, 0.2) is 0 Å². The molecule has 0 rings (SSSR count). The second kappa shape index (κ2) is 7.42. The molecule has 0 aromatic carbocycles. The van der Waals surface area contributed by atoms with Crippen molar-refractivity contribution in [1.29, 1.82) is 0 Å². The van der Waals surface area contributed by atoms with Gasteiger partial charge in [-0.1, -0.05) is 0 Å². The van der Waals surface area contributed by atoms with E-state index in [-0.39, 0.29) is 0 Å². The summed E-state index contributed by atoms with van der Waals surface area (Å²) >= 11 is 0. The second-order valence-corrected chi connectivity index (χ2v) is 4.95. The smallest absolute Gasteiger partial charge is 0.373 e. The molecule has 0 heterocycles. The van der Waals surface area contributed by atoms with Crippen LogP contribution in [0.3, 0.4) is 0 Å². The monoisotopic (exact) mass is 208 g/mol. The fourth-order valence-electron chi connectivity index (χ4n) is 1.06. The third-order valence-electron chi connectivity index (χ3n) is 1.41. The summed E-state index contributed by atoms with van der Waals surface area (Å²) in [4.78, 5) is 0. The van der Waals surface area contributed by atoms with E-state index >= 15 is 0 Å². The van der Waals surface area contributed by atoms with Gasteiger partial charge in [-0.05, 0) is 20.8 Å². The van der Waals surface area contributed by atoms with Crippen LogP contribution < -0.4 is 11.3 Å². The molecule has 0 bridgehead atoms. The summed E-state index contributed by atoms with van der Waals surface area (Å²) in [5.41, 5.74) is 2.55. The molecule has 0 fully saturated rings. The van der Waals surface area contributed by atoms with Crippen molar-refractivity contribution in [3.05, 3.63) is 0 Å². The van der Waals surface area contributed by atoms with E-state index in [1.807, 2.05) is 20.8 Å². The molecule has 13 heavy (non-hydrogen) atoms. The number of hydrogen-bond donors (Lipinski definition) is 2. The third kappa shape index (κ3) is 4.70. The highest BCUT2D eigenvalue weighted by Gasteiger charge is 2.39. The lowest BCUT2D eigenvalue weighted by molar-refractivity contribution is 0.0702. The van der Waals surface area contributed by atoms with Crippen LogP contribution in [0.25, 0.3) is 0 Å². The van der Waals surface area contributed by atoms with Crippen molar-refractivity contribution in [2.75, 3.05) is 26.0 Å². The van der Waals surface area contributed by atoms with E-state index in [9.17, 15) is 0 Å². The molecule has 5 nitrogen and oxygen atoms in total. The van der Waals surface area contributed by atoms with E-state index in [2.05, 4.69) is 5.43 Å². The predicted molar refractivity (Wildman–Crippen MR) is 52.8 cm³/mol. The molecular formula is C7H20N2O3Si. The summed E-state index contributed by atoms with van der Waals surface area (Å²) in [7, 11) is -2.53. The molecule has 80 valence electrons. The van der Waals surface area contributed by atoms with Gasteiger partial charge in [0, 0.05) is 19.8 Å². The highest BCUT2D eigenvalue weighted by Crippen LogP contribution is 2.08. The molecule has 6 heteroatoms. The Balaban J connectivity index is 4.19. The van der Waals surface area contributed by atoms with Crippen molar-refractivity contribution in [1.82, 2.24) is 5.43 Å². The zero-order chi connectivity index (χ0) is 10.2. The quantitative estimate of drug-likeness (QED) is 0.335. The van der Waals surface area contributed by atoms with Gasteiger partial charge in [-0.25, -0.2) is 0 Å². The number of nitrogens with two attached hydrogens (primary N) is 1. The predicted octanol–water partition coefficient (Wildman–Crippen LogP) is 0.0373. The van der Waals surface area contributed by atoms with Crippen molar-refractivity contribution >= 4 is 8.80 Å². The molecule has 0 aromatic rings. The van der Waals surface area contributed by atoms with Crippen LogP contribution in [-0.2, 0) is 13.3 Å². The van der Waals surface area contributed by atoms with Crippen LogP contribution in [0, 0.1) is 0 Å². The van der Waals surface area contributed by atoms with Crippen LogP contribution in [0.4, 0.5) is 0 Å². The average Bonchev–Trinajstić information content (AvgIpc) is 2.06. The summed E-state index contributed by atoms with van der Waals surface area (Å²) in [6.07, 6.45) is 0.447. The van der Waals surface area contributed by atoms with Gasteiger partial charge in [-0.2, -0.15) is 0 Å². The van der Waals surface area contributed by atoms with Crippen molar-refractivity contribution in [2.45, 2.75) is 20.8 Å². The molecule has 0 aliphatic heterocycles. The zero-order valence-electron chi connectivity index (χ0n) is 8.63. The van der Waals surface area contributed by atoms with E-state index in [0.717, 1.165) is 0 Å². The first kappa shape index (κ1) is 13.0. The maximum Gasteiger partial charge on any atom is 0.516 e. The number of hydrazine groups is 1. The summed E-state index contributed by atoms with van der Waals surface area (Å²) in [5.74, 6) is 5.25. The van der Waals surface area contributed by atoms with E-state index in [1.54, 1.807) is 0 Å². The Labute approximate surface area is 80.9 Å². The van der Waals surface area contributed by atoms with Gasteiger partial charge in [-0.3, -0.25) is 11.3 Å². The first-order valence-corrected chi connectivity index (χ1v) is 6.53. The highest BCUT2D eigenvalue weighted by atomic mass is 28.4. The molecule has 0 saturated carbocycles. The van der Waals surface area contributed by atoms with Crippen LogP contribution in [0.5, 0.6) is 0 Å². The van der Waals surface area contributed by atoms with Crippen LogP contribution in [0.2, 0.25) is 0 Å². The molecule has 0 amide bonds. The summed E-state index contributed by atoms with van der Waals surface area (Å²) < 4.78 is 16.5. The molecule has 0 aliphatic rings. The molecule has 0 atom stereocenters. The summed E-state index contributed by atoms with van der Waals surface area (Å²) in [6.45, 7) is 7.47. The lowest BCUT2D eigenvalue weighted by atomic mass is 10.9. The molecule has 3 N–H and O–H groups in total. The van der Waals surface area contributed by atoms with Crippen LogP contribution >= 0.6 is 0 Å². The normalized spacial score (nSPS) is 12.0. The van der Waals surface area contributed by atoms with Gasteiger partial charge in [0.25, 0.3) is 0 Å². The Morgan fingerprint density at radius 3 is 1.62 bits per heavy atom. The minimum absolute atomic E-state index is 0.447. The standard InChI is InChI=1S/C7H20N2O3Si/c1-4-10-13(7-9-8,11-5-2)12-6-3/h9H,4-8H2,1-3H3. The van der Waals surface area contributed by atoms with Gasteiger partial charge in [0.1, 0.15) is 0 Å². The lowest BCUT2D eigenvalue weighted by Gasteiger charge is -2.27. The van der Waals surface area contributed by atoms with Gasteiger partial charge in [-0.15, -0.1) is 0 Å². The fourth-order valence-corrected chi connectivity index (χ4v) is 3.19. The van der Waals surface area contributed by atoms with Gasteiger partial charge in [0.05, 0.1) is 6.17 Å². The van der Waals surface area contributed by atoms with E-state index in [0.29, 0.717) is 26.0 Å². The minimum atomic E-state index is -2.53. The first-order valence-electron chi connectivity index (χ1n) is 4.60. The Morgan fingerprint density at radius 2 is 1.38 bits per heavy atom. The molecule has 0 aliphatic carbocycles. The molecule has 0 spiro atoms. The Kier molecular flexibility index (Phi) is 7.43. The number of rotatable bonds is 8. The fraction of sp³-hybridized carbons (Fsp3) is 1.00. The topological polar surface area (TPSA) is 65.7 Å². The lowest BCUT2D eigenvalue weighted by Crippen LogP contribution is -2.55. The highest BCUT2D eigenvalue weighted by molar-refractivity contribution is 6.60. The number of nitrogens with one attached hydrogen (secondary N) is 1. The van der Waals surface area contributed by atoms with Crippen molar-refractivity contribution < 1.29 is 13.3 Å². The maximum atomic E-state index is 5.50. The van der Waals surface area contributed by atoms with Crippen molar-refractivity contribution in [2.24, 2.45) is 5.84 Å². The van der Waals surface area contributed by atoms with E-state index < -0.39 is 8.80 Å². The van der Waals surface area contributed by atoms with Crippen molar-refractivity contribution in [3.8, 4) is 0 Å². The summed E-state index contributed by atoms with van der Waals surface area (Å²) in [6, 6.07) is 0. The van der Waals surface area contributed by atoms with Gasteiger partial charge < -0.3 is 13.3 Å². The molecular weight excluding hydrogens is 188 g/mol. The largest absolute Gasteiger partial charge is 0.516 e. The SMILES string of the molecule is CCO[Si](CNN)(OCC)OCC. The minimum Gasteiger partial charge on any atom is -0.373 e. The van der Waals surface area contributed by atoms with E-state index in [1.165, 1.54) is 0 Å².